The van der Waals surface area contributed by atoms with Crippen LogP contribution in [0.3, 0.4) is 0 Å². The summed E-state index contributed by atoms with van der Waals surface area (Å²) in [6.45, 7) is 11.4. The summed E-state index contributed by atoms with van der Waals surface area (Å²) in [5.74, 6) is 1.92. The van der Waals surface area contributed by atoms with E-state index in [0.29, 0.717) is 47.9 Å². The van der Waals surface area contributed by atoms with Gasteiger partial charge in [-0.05, 0) is 43.0 Å². The fourth-order valence-corrected chi connectivity index (χ4v) is 3.06. The molecule has 0 heterocycles. The molecular formula is C26H30O4. The number of rotatable bonds is 8. The van der Waals surface area contributed by atoms with E-state index in [1.54, 1.807) is 18.2 Å². The molecule has 0 saturated carbocycles. The molecule has 0 saturated heterocycles. The Morgan fingerprint density at radius 3 is 2.17 bits per heavy atom. The summed E-state index contributed by atoms with van der Waals surface area (Å²) < 4.78 is 17.9. The largest absolute Gasteiger partial charge is 0.493 e. The van der Waals surface area contributed by atoms with Gasteiger partial charge in [0.15, 0.2) is 0 Å². The SMILES string of the molecule is Cc1ccc2c(OCC(C)C)c(C(=O)Oc3ccccc3)cc(OCC(C)C)c2c1. The number of hydrogen-bond donors (Lipinski definition) is 0. The lowest BCUT2D eigenvalue weighted by atomic mass is 10.0. The first-order valence-corrected chi connectivity index (χ1v) is 10.4. The monoisotopic (exact) mass is 406 g/mol. The summed E-state index contributed by atoms with van der Waals surface area (Å²) >= 11 is 0. The van der Waals surface area contributed by atoms with Crippen LogP contribution in [0.1, 0.15) is 43.6 Å². The molecule has 158 valence electrons. The minimum atomic E-state index is -0.461. The molecule has 0 aliphatic carbocycles. The number of fused-ring (bicyclic) bond motifs is 1. The highest BCUT2D eigenvalue weighted by Crippen LogP contribution is 2.38. The Hall–Kier alpha value is -3.01. The lowest BCUT2D eigenvalue weighted by molar-refractivity contribution is 0.0729. The number of carbonyl (C=O) groups is 1. The zero-order chi connectivity index (χ0) is 21.7. The van der Waals surface area contributed by atoms with Gasteiger partial charge in [0.05, 0.1) is 13.2 Å². The summed E-state index contributed by atoms with van der Waals surface area (Å²) in [6.07, 6.45) is 0. The van der Waals surface area contributed by atoms with Gasteiger partial charge in [-0.1, -0.05) is 63.6 Å². The third kappa shape index (κ3) is 5.32. The fourth-order valence-electron chi connectivity index (χ4n) is 3.06. The van der Waals surface area contributed by atoms with Crippen LogP contribution in [0.5, 0.6) is 17.2 Å². The highest BCUT2D eigenvalue weighted by Gasteiger charge is 2.22. The van der Waals surface area contributed by atoms with Gasteiger partial charge in [-0.25, -0.2) is 4.79 Å². The van der Waals surface area contributed by atoms with Crippen molar-refractivity contribution in [2.24, 2.45) is 11.8 Å². The van der Waals surface area contributed by atoms with E-state index in [4.69, 9.17) is 14.2 Å². The van der Waals surface area contributed by atoms with Crippen LogP contribution in [0.15, 0.2) is 54.6 Å². The number of esters is 1. The molecular weight excluding hydrogens is 376 g/mol. The molecule has 0 spiro atoms. The van der Waals surface area contributed by atoms with Gasteiger partial charge >= 0.3 is 5.97 Å². The van der Waals surface area contributed by atoms with Gasteiger partial charge in [0.1, 0.15) is 22.8 Å². The molecule has 0 unspecified atom stereocenters. The molecule has 0 N–H and O–H groups in total. The van der Waals surface area contributed by atoms with Crippen LogP contribution in [-0.2, 0) is 0 Å². The maximum absolute atomic E-state index is 13.1. The van der Waals surface area contributed by atoms with Gasteiger partial charge in [0, 0.05) is 10.8 Å². The molecule has 0 atom stereocenters. The maximum atomic E-state index is 13.1. The van der Waals surface area contributed by atoms with Crippen molar-refractivity contribution < 1.29 is 19.0 Å². The molecule has 0 aromatic heterocycles. The van der Waals surface area contributed by atoms with E-state index in [2.05, 4.69) is 33.8 Å². The van der Waals surface area contributed by atoms with Crippen LogP contribution in [0, 0.1) is 18.8 Å². The van der Waals surface area contributed by atoms with Crippen molar-refractivity contribution in [2.75, 3.05) is 13.2 Å². The number of para-hydroxylation sites is 1. The number of carbonyl (C=O) groups excluding carboxylic acids is 1. The number of aryl methyl sites for hydroxylation is 1. The van der Waals surface area contributed by atoms with Gasteiger partial charge in [-0.15, -0.1) is 0 Å². The lowest BCUT2D eigenvalue weighted by Crippen LogP contribution is -2.14. The Bertz CT molecular complexity index is 1010. The Labute approximate surface area is 178 Å². The third-order valence-corrected chi connectivity index (χ3v) is 4.51. The number of hydrogen-bond acceptors (Lipinski definition) is 4. The van der Waals surface area contributed by atoms with E-state index < -0.39 is 5.97 Å². The maximum Gasteiger partial charge on any atom is 0.347 e. The summed E-state index contributed by atoms with van der Waals surface area (Å²) in [5, 5.41) is 1.79. The molecule has 0 fully saturated rings. The molecule has 0 aliphatic rings. The first-order valence-electron chi connectivity index (χ1n) is 10.4. The minimum absolute atomic E-state index is 0.320. The highest BCUT2D eigenvalue weighted by atomic mass is 16.5. The number of ether oxygens (including phenoxy) is 3. The van der Waals surface area contributed by atoms with Crippen LogP contribution < -0.4 is 14.2 Å². The van der Waals surface area contributed by atoms with Crippen LogP contribution >= 0.6 is 0 Å². The predicted molar refractivity (Wildman–Crippen MR) is 121 cm³/mol. The van der Waals surface area contributed by atoms with Crippen molar-refractivity contribution in [1.82, 2.24) is 0 Å². The molecule has 4 heteroatoms. The Morgan fingerprint density at radius 1 is 0.833 bits per heavy atom. The van der Waals surface area contributed by atoms with Gasteiger partial charge in [0.25, 0.3) is 0 Å². The smallest absolute Gasteiger partial charge is 0.347 e. The van der Waals surface area contributed by atoms with Crippen molar-refractivity contribution >= 4 is 16.7 Å². The molecule has 0 aliphatic heterocycles. The van der Waals surface area contributed by atoms with Crippen LogP contribution in [-0.4, -0.2) is 19.2 Å². The second-order valence-corrected chi connectivity index (χ2v) is 8.41. The first kappa shape index (κ1) is 21.7. The molecule has 30 heavy (non-hydrogen) atoms. The van der Waals surface area contributed by atoms with Gasteiger partial charge in [0.2, 0.25) is 0 Å². The molecule has 0 amide bonds. The summed E-state index contributed by atoms with van der Waals surface area (Å²) in [4.78, 5) is 13.1. The van der Waals surface area contributed by atoms with Gasteiger partial charge in [-0.2, -0.15) is 0 Å². The van der Waals surface area contributed by atoms with E-state index in [0.717, 1.165) is 16.3 Å². The number of benzene rings is 3. The van der Waals surface area contributed by atoms with E-state index >= 15 is 0 Å². The molecule has 3 aromatic rings. The van der Waals surface area contributed by atoms with Crippen molar-refractivity contribution in [3.63, 3.8) is 0 Å². The highest BCUT2D eigenvalue weighted by molar-refractivity contribution is 6.04. The fraction of sp³-hybridized carbons (Fsp3) is 0.346. The van der Waals surface area contributed by atoms with E-state index in [9.17, 15) is 4.79 Å². The van der Waals surface area contributed by atoms with Crippen molar-refractivity contribution in [3.8, 4) is 17.2 Å². The van der Waals surface area contributed by atoms with Crippen LogP contribution in [0.2, 0.25) is 0 Å². The van der Waals surface area contributed by atoms with E-state index in [1.165, 1.54) is 0 Å². The summed E-state index contributed by atoms with van der Waals surface area (Å²) in [6, 6.07) is 16.9. The van der Waals surface area contributed by atoms with Gasteiger partial charge in [-0.3, -0.25) is 0 Å². The van der Waals surface area contributed by atoms with Crippen LogP contribution in [0.25, 0.3) is 10.8 Å². The minimum Gasteiger partial charge on any atom is -0.493 e. The zero-order valence-corrected chi connectivity index (χ0v) is 18.4. The average molecular weight is 407 g/mol. The first-order chi connectivity index (χ1) is 14.3. The quantitative estimate of drug-likeness (QED) is 0.319. The Kier molecular flexibility index (Phi) is 6.99. The second kappa shape index (κ2) is 9.66. The van der Waals surface area contributed by atoms with E-state index in [-0.39, 0.29) is 0 Å². The van der Waals surface area contributed by atoms with Crippen LogP contribution in [0.4, 0.5) is 0 Å². The topological polar surface area (TPSA) is 44.8 Å². The average Bonchev–Trinajstić information content (AvgIpc) is 2.71. The zero-order valence-electron chi connectivity index (χ0n) is 18.4. The molecule has 3 aromatic carbocycles. The van der Waals surface area contributed by atoms with Crippen molar-refractivity contribution in [2.45, 2.75) is 34.6 Å². The lowest BCUT2D eigenvalue weighted by Gasteiger charge is -2.19. The van der Waals surface area contributed by atoms with E-state index in [1.807, 2.05) is 37.3 Å². The summed E-state index contributed by atoms with van der Waals surface area (Å²) in [5.41, 5.74) is 1.49. The molecule has 4 nitrogen and oxygen atoms in total. The van der Waals surface area contributed by atoms with Gasteiger partial charge < -0.3 is 14.2 Å². The molecule has 3 rings (SSSR count). The molecule has 0 bridgehead atoms. The Balaban J connectivity index is 2.12. The predicted octanol–water partition coefficient (Wildman–Crippen LogP) is 6.44. The van der Waals surface area contributed by atoms with Crippen molar-refractivity contribution in [3.05, 3.63) is 65.7 Å². The second-order valence-electron chi connectivity index (χ2n) is 8.41. The summed E-state index contributed by atoms with van der Waals surface area (Å²) in [7, 11) is 0. The third-order valence-electron chi connectivity index (χ3n) is 4.51. The Morgan fingerprint density at radius 2 is 1.50 bits per heavy atom. The standard InChI is InChI=1S/C26H30O4/c1-17(2)15-28-24-14-23(26(27)30-20-9-7-6-8-10-20)25(29-16-18(3)4)21-12-11-19(5)13-22(21)24/h6-14,17-18H,15-16H2,1-5H3. The normalized spacial score (nSPS) is 11.2. The molecule has 0 radical (unpaired) electrons. The van der Waals surface area contributed by atoms with Crippen molar-refractivity contribution in [1.29, 1.82) is 0 Å².